The van der Waals surface area contributed by atoms with Crippen LogP contribution in [-0.4, -0.2) is 36.3 Å². The topological polar surface area (TPSA) is 102 Å². The monoisotopic (exact) mass is 679 g/mol. The van der Waals surface area contributed by atoms with Crippen molar-refractivity contribution in [2.75, 3.05) is 0 Å². The summed E-state index contributed by atoms with van der Waals surface area (Å²) in [5.41, 5.74) is -0.770. The number of carbonyl (C=O) groups is 1. The zero-order chi connectivity index (χ0) is 26.4. The summed E-state index contributed by atoms with van der Waals surface area (Å²) in [6.45, 7) is 11.1. The third kappa shape index (κ3) is 9.20. The first-order valence-electron chi connectivity index (χ1n) is 10.6. The fourth-order valence-corrected chi connectivity index (χ4v) is 2.23. The van der Waals surface area contributed by atoms with Gasteiger partial charge in [-0.2, -0.15) is 23.4 Å². The number of aliphatic hydroxyl groups excluding tert-OH is 1. The third-order valence-corrected chi connectivity index (χ3v) is 4.53. The first-order chi connectivity index (χ1) is 16.1. The molecule has 0 aliphatic carbocycles. The summed E-state index contributed by atoms with van der Waals surface area (Å²) in [5, 5.41) is 25.0. The average molecular weight is 679 g/mol. The van der Waals surface area contributed by atoms with E-state index in [4.69, 9.17) is 0 Å². The maximum atomic E-state index is 12.5. The van der Waals surface area contributed by atoms with Crippen LogP contribution < -0.4 is 0 Å². The summed E-state index contributed by atoms with van der Waals surface area (Å²) in [4.78, 5) is 15.5. The van der Waals surface area contributed by atoms with E-state index in [0.717, 1.165) is 12.1 Å². The van der Waals surface area contributed by atoms with Crippen LogP contribution in [0, 0.1) is 16.9 Å². The largest absolute Gasteiger partial charge is 0.512 e. The molecule has 36 heavy (non-hydrogen) atoms. The number of allylic oxidation sites excluding steroid dienone is 2. The number of carbonyl (C=O) groups excluding carboxylic acids is 1. The first-order valence-corrected chi connectivity index (χ1v) is 10.6. The molecule has 0 aliphatic heterocycles. The Morgan fingerprint density at radius 3 is 1.89 bits per heavy atom. The number of nitrogens with zero attached hydrogens (tertiary/aromatic N) is 5. The number of rotatable bonds is 3. The molecular formula is C25H27F3IrN5O2-. The third-order valence-electron chi connectivity index (χ3n) is 4.53. The van der Waals surface area contributed by atoms with Crippen LogP contribution in [0.25, 0.3) is 22.9 Å². The number of halogens is 3. The number of benzene rings is 1. The molecule has 0 saturated heterocycles. The number of pyridine rings is 1. The molecule has 0 bridgehead atoms. The Morgan fingerprint density at radius 1 is 0.889 bits per heavy atom. The molecule has 0 unspecified atom stereocenters. The van der Waals surface area contributed by atoms with E-state index in [1.165, 1.54) is 12.1 Å². The second kappa shape index (κ2) is 12.3. The molecule has 1 aromatic carbocycles. The molecule has 1 radical (unpaired) electrons. The van der Waals surface area contributed by atoms with E-state index in [2.05, 4.69) is 31.4 Å². The zero-order valence-electron chi connectivity index (χ0n) is 20.7. The van der Waals surface area contributed by atoms with Gasteiger partial charge in [0, 0.05) is 43.2 Å². The molecule has 0 amide bonds. The summed E-state index contributed by atoms with van der Waals surface area (Å²) in [6, 6.07) is 10.7. The van der Waals surface area contributed by atoms with Gasteiger partial charge in [-0.3, -0.25) is 9.78 Å². The second-order valence-corrected chi connectivity index (χ2v) is 9.64. The van der Waals surface area contributed by atoms with Crippen LogP contribution in [0.4, 0.5) is 13.2 Å². The quantitative estimate of drug-likeness (QED) is 0.209. The van der Waals surface area contributed by atoms with Crippen molar-refractivity contribution in [2.24, 2.45) is 10.8 Å². The Labute approximate surface area is 221 Å². The maximum absolute atomic E-state index is 12.5. The normalized spacial score (nSPS) is 12.2. The number of hydrogen-bond donors (Lipinski definition) is 1. The van der Waals surface area contributed by atoms with Gasteiger partial charge in [0.2, 0.25) is 5.82 Å². The van der Waals surface area contributed by atoms with Crippen molar-refractivity contribution in [3.8, 4) is 22.9 Å². The molecule has 195 valence electrons. The molecule has 0 aliphatic rings. The van der Waals surface area contributed by atoms with Gasteiger partial charge in [-0.05, 0) is 17.7 Å². The summed E-state index contributed by atoms with van der Waals surface area (Å²) in [5.74, 6) is 0.428. The van der Waals surface area contributed by atoms with Gasteiger partial charge in [-0.15, -0.1) is 40.0 Å². The minimum atomic E-state index is -4.41. The summed E-state index contributed by atoms with van der Waals surface area (Å²) in [7, 11) is 0. The molecule has 2 heterocycles. The number of alkyl halides is 3. The minimum Gasteiger partial charge on any atom is -0.512 e. The van der Waals surface area contributed by atoms with E-state index < -0.39 is 17.2 Å². The van der Waals surface area contributed by atoms with Crippen molar-refractivity contribution in [3.63, 3.8) is 0 Å². The molecule has 0 atom stereocenters. The molecule has 1 N–H and O–H groups in total. The number of hydrogen-bond acceptors (Lipinski definition) is 7. The Hall–Kier alpha value is -3.04. The van der Waals surface area contributed by atoms with Crippen molar-refractivity contribution in [2.45, 2.75) is 47.7 Å². The number of aliphatic hydroxyl groups is 1. The summed E-state index contributed by atoms with van der Waals surface area (Å²) in [6.07, 6.45) is -1.49. The SMILES string of the molecule is CC(C)(C)C(=O)/C=C(\O)C(C)(C)C.FC(F)(F)c1c[c-]c(-c2nnc(-c3ccccn3)nn2)cc1.[Ir]. The van der Waals surface area contributed by atoms with Gasteiger partial charge in [0.25, 0.3) is 0 Å². The zero-order valence-corrected chi connectivity index (χ0v) is 23.1. The van der Waals surface area contributed by atoms with Crippen molar-refractivity contribution >= 4 is 5.78 Å². The van der Waals surface area contributed by atoms with Crippen LogP contribution in [0.15, 0.2) is 54.4 Å². The van der Waals surface area contributed by atoms with Crippen LogP contribution in [-0.2, 0) is 31.1 Å². The van der Waals surface area contributed by atoms with E-state index >= 15 is 0 Å². The van der Waals surface area contributed by atoms with Crippen LogP contribution >= 0.6 is 0 Å². The minimum absolute atomic E-state index is 0. The Kier molecular flexibility index (Phi) is 10.6. The van der Waals surface area contributed by atoms with E-state index in [9.17, 15) is 23.1 Å². The van der Waals surface area contributed by atoms with Crippen molar-refractivity contribution in [1.29, 1.82) is 0 Å². The summed E-state index contributed by atoms with van der Waals surface area (Å²) < 4.78 is 37.4. The molecule has 0 fully saturated rings. The van der Waals surface area contributed by atoms with E-state index in [1.807, 2.05) is 41.5 Å². The van der Waals surface area contributed by atoms with Gasteiger partial charge in [0.05, 0.1) is 0 Å². The Morgan fingerprint density at radius 2 is 1.47 bits per heavy atom. The van der Waals surface area contributed by atoms with E-state index in [1.54, 1.807) is 24.4 Å². The smallest absolute Gasteiger partial charge is 0.381 e. The first kappa shape index (κ1) is 31.0. The van der Waals surface area contributed by atoms with Crippen LogP contribution in [0.5, 0.6) is 0 Å². The maximum Gasteiger partial charge on any atom is 0.381 e. The van der Waals surface area contributed by atoms with Gasteiger partial charge < -0.3 is 5.11 Å². The number of ketones is 1. The molecule has 0 spiro atoms. The van der Waals surface area contributed by atoms with Gasteiger partial charge >= 0.3 is 6.18 Å². The Bertz CT molecular complexity index is 1150. The predicted molar refractivity (Wildman–Crippen MR) is 125 cm³/mol. The van der Waals surface area contributed by atoms with Crippen molar-refractivity contribution in [3.05, 3.63) is 66.1 Å². The molecule has 3 rings (SSSR count). The van der Waals surface area contributed by atoms with Crippen molar-refractivity contribution in [1.82, 2.24) is 25.4 Å². The predicted octanol–water partition coefficient (Wildman–Crippen LogP) is 5.90. The Balaban J connectivity index is 0.000000402. The molecule has 0 saturated carbocycles. The number of aromatic nitrogens is 5. The van der Waals surface area contributed by atoms with Crippen LogP contribution in [0.3, 0.4) is 0 Å². The van der Waals surface area contributed by atoms with Crippen LogP contribution in [0.2, 0.25) is 0 Å². The van der Waals surface area contributed by atoms with E-state index in [0.29, 0.717) is 5.69 Å². The fourth-order valence-electron chi connectivity index (χ4n) is 2.23. The molecule has 7 nitrogen and oxygen atoms in total. The average Bonchev–Trinajstić information content (AvgIpc) is 2.78. The van der Waals surface area contributed by atoms with Crippen molar-refractivity contribution < 1.29 is 43.2 Å². The van der Waals surface area contributed by atoms with Crippen LogP contribution in [0.1, 0.15) is 47.1 Å². The van der Waals surface area contributed by atoms with Gasteiger partial charge in [0.1, 0.15) is 17.3 Å². The van der Waals surface area contributed by atoms with Gasteiger partial charge in [-0.25, -0.2) is 0 Å². The molecular weight excluding hydrogens is 652 g/mol. The standard InChI is InChI=1S/C14H7F3N5.C11H20O2.Ir/c15-14(16,17)10-6-4-9(5-7-10)12-19-21-13(22-20-12)11-3-1-2-8-18-11;1-10(2,3)8(12)7-9(13)11(4,5)6;/h1-4,6-8H;7,12H,1-6H3;/q-1;;/b;8-7-;. The van der Waals surface area contributed by atoms with E-state index in [-0.39, 0.29) is 54.3 Å². The fraction of sp³-hybridized carbons (Fsp3) is 0.360. The van der Waals surface area contributed by atoms with Gasteiger partial charge in [0.15, 0.2) is 5.78 Å². The van der Waals surface area contributed by atoms with Gasteiger partial charge in [-0.1, -0.05) is 47.6 Å². The molecule has 2 aromatic heterocycles. The molecule has 11 heteroatoms. The second-order valence-electron chi connectivity index (χ2n) is 9.64. The summed E-state index contributed by atoms with van der Waals surface area (Å²) >= 11 is 0. The molecule has 3 aromatic rings.